The first-order valence-corrected chi connectivity index (χ1v) is 11.3. The van der Waals surface area contributed by atoms with Crippen molar-refractivity contribution in [3.05, 3.63) is 60.7 Å². The van der Waals surface area contributed by atoms with Crippen LogP contribution in [0.4, 0.5) is 10.2 Å². The Morgan fingerprint density at radius 1 is 1.03 bits per heavy atom. The molecule has 1 saturated heterocycles. The molecular weight excluding hydrogens is 419 g/mol. The summed E-state index contributed by atoms with van der Waals surface area (Å²) in [7, 11) is 0. The van der Waals surface area contributed by atoms with Gasteiger partial charge in [0, 0.05) is 30.8 Å². The number of nitrogens with zero attached hydrogens (tertiary/aromatic N) is 5. The summed E-state index contributed by atoms with van der Waals surface area (Å²) in [5, 5.41) is 5.41. The van der Waals surface area contributed by atoms with Crippen LogP contribution in [0.2, 0.25) is 0 Å². The number of piperidine rings is 1. The lowest BCUT2D eigenvalue weighted by molar-refractivity contribution is 0.148. The molecular formula is C25H27FN6O. The number of halogens is 1. The van der Waals surface area contributed by atoms with Crippen LogP contribution in [-0.2, 0) is 0 Å². The molecule has 1 aliphatic rings. The van der Waals surface area contributed by atoms with Gasteiger partial charge in [-0.15, -0.1) is 0 Å². The van der Waals surface area contributed by atoms with Crippen LogP contribution in [0, 0.1) is 5.82 Å². The fourth-order valence-electron chi connectivity index (χ4n) is 4.46. The van der Waals surface area contributed by atoms with E-state index in [-0.39, 0.29) is 6.04 Å². The van der Waals surface area contributed by atoms with Crippen molar-refractivity contribution in [1.82, 2.24) is 24.6 Å². The lowest BCUT2D eigenvalue weighted by Gasteiger charge is -2.34. The minimum Gasteiger partial charge on any atom is -0.457 e. The zero-order chi connectivity index (χ0) is 22.9. The van der Waals surface area contributed by atoms with Crippen molar-refractivity contribution < 1.29 is 9.13 Å². The Morgan fingerprint density at radius 2 is 1.79 bits per heavy atom. The van der Waals surface area contributed by atoms with Gasteiger partial charge < -0.3 is 15.4 Å². The molecule has 2 N–H and O–H groups in total. The SMILES string of the molecule is CC(C)N1CCC(n2nc(-c3ccc(Oc4ccccc4)cc3F)c3c(N)ncnc32)CC1. The molecule has 0 atom stereocenters. The Bertz CT molecular complexity index is 1260. The van der Waals surface area contributed by atoms with Crippen molar-refractivity contribution in [2.24, 2.45) is 0 Å². The topological polar surface area (TPSA) is 82.1 Å². The quantitative estimate of drug-likeness (QED) is 0.462. The zero-order valence-corrected chi connectivity index (χ0v) is 18.8. The molecule has 8 heteroatoms. The van der Waals surface area contributed by atoms with Gasteiger partial charge in [-0.05, 0) is 51.0 Å². The largest absolute Gasteiger partial charge is 0.457 e. The smallest absolute Gasteiger partial charge is 0.164 e. The molecule has 0 unspecified atom stereocenters. The molecule has 4 aromatic rings. The van der Waals surface area contributed by atoms with Gasteiger partial charge in [0.1, 0.15) is 35.2 Å². The summed E-state index contributed by atoms with van der Waals surface area (Å²) in [5.41, 5.74) is 7.67. The van der Waals surface area contributed by atoms with E-state index in [1.807, 2.05) is 35.0 Å². The molecule has 7 nitrogen and oxygen atoms in total. The number of benzene rings is 2. The van der Waals surface area contributed by atoms with Gasteiger partial charge in [-0.2, -0.15) is 5.10 Å². The first kappa shape index (κ1) is 21.3. The second-order valence-electron chi connectivity index (χ2n) is 8.67. The Balaban J connectivity index is 1.51. The van der Waals surface area contributed by atoms with Gasteiger partial charge in [-0.25, -0.2) is 19.0 Å². The van der Waals surface area contributed by atoms with E-state index in [0.29, 0.717) is 45.6 Å². The number of para-hydroxylation sites is 1. The van der Waals surface area contributed by atoms with Crippen LogP contribution in [-0.4, -0.2) is 43.8 Å². The first-order chi connectivity index (χ1) is 16.0. The maximum absolute atomic E-state index is 15.3. The number of ether oxygens (including phenoxy) is 1. The van der Waals surface area contributed by atoms with Crippen LogP contribution in [0.25, 0.3) is 22.3 Å². The van der Waals surface area contributed by atoms with Crippen LogP contribution in [0.5, 0.6) is 11.5 Å². The van der Waals surface area contributed by atoms with Crippen molar-refractivity contribution in [3.8, 4) is 22.8 Å². The van der Waals surface area contributed by atoms with E-state index in [2.05, 4.69) is 28.7 Å². The lowest BCUT2D eigenvalue weighted by Crippen LogP contribution is -2.39. The van der Waals surface area contributed by atoms with Gasteiger partial charge in [0.2, 0.25) is 0 Å². The van der Waals surface area contributed by atoms with E-state index in [4.69, 9.17) is 15.6 Å². The third kappa shape index (κ3) is 4.14. The number of nitrogens with two attached hydrogens (primary N) is 1. The highest BCUT2D eigenvalue weighted by molar-refractivity contribution is 5.98. The summed E-state index contributed by atoms with van der Waals surface area (Å²) in [6.45, 7) is 6.39. The Hall–Kier alpha value is -3.52. The minimum atomic E-state index is -0.437. The third-order valence-corrected chi connectivity index (χ3v) is 6.27. The molecule has 0 bridgehead atoms. The van der Waals surface area contributed by atoms with Crippen molar-refractivity contribution in [3.63, 3.8) is 0 Å². The molecule has 0 amide bonds. The summed E-state index contributed by atoms with van der Waals surface area (Å²) >= 11 is 0. The highest BCUT2D eigenvalue weighted by Crippen LogP contribution is 2.36. The molecule has 1 aliphatic heterocycles. The highest BCUT2D eigenvalue weighted by atomic mass is 19.1. The Kier molecular flexibility index (Phi) is 5.68. The van der Waals surface area contributed by atoms with Crippen LogP contribution < -0.4 is 10.5 Å². The molecule has 3 heterocycles. The molecule has 1 fully saturated rings. The van der Waals surface area contributed by atoms with Crippen LogP contribution in [0.3, 0.4) is 0 Å². The maximum atomic E-state index is 15.3. The number of rotatable bonds is 5. The summed E-state index contributed by atoms with van der Waals surface area (Å²) in [5.74, 6) is 0.916. The van der Waals surface area contributed by atoms with E-state index in [1.54, 1.807) is 12.1 Å². The Labute approximate surface area is 192 Å². The molecule has 170 valence electrons. The van der Waals surface area contributed by atoms with Gasteiger partial charge in [0.05, 0.1) is 11.4 Å². The Morgan fingerprint density at radius 3 is 2.48 bits per heavy atom. The molecule has 5 rings (SSSR count). The molecule has 0 radical (unpaired) electrons. The number of nitrogen functional groups attached to an aromatic ring is 1. The fourth-order valence-corrected chi connectivity index (χ4v) is 4.46. The van der Waals surface area contributed by atoms with Crippen molar-refractivity contribution in [2.45, 2.75) is 38.8 Å². The first-order valence-electron chi connectivity index (χ1n) is 11.3. The number of hydrogen-bond donors (Lipinski definition) is 1. The van der Waals surface area contributed by atoms with Crippen molar-refractivity contribution >= 4 is 16.9 Å². The minimum absolute atomic E-state index is 0.175. The molecule has 0 aliphatic carbocycles. The van der Waals surface area contributed by atoms with E-state index >= 15 is 4.39 Å². The second-order valence-corrected chi connectivity index (χ2v) is 8.67. The van der Waals surface area contributed by atoms with Gasteiger partial charge >= 0.3 is 0 Å². The average Bonchev–Trinajstić information content (AvgIpc) is 3.21. The maximum Gasteiger partial charge on any atom is 0.164 e. The van der Waals surface area contributed by atoms with E-state index in [0.717, 1.165) is 25.9 Å². The number of anilines is 1. The predicted molar refractivity (Wildman–Crippen MR) is 127 cm³/mol. The van der Waals surface area contributed by atoms with Crippen LogP contribution in [0.1, 0.15) is 32.7 Å². The van der Waals surface area contributed by atoms with Gasteiger partial charge in [-0.3, -0.25) is 0 Å². The van der Waals surface area contributed by atoms with E-state index in [9.17, 15) is 0 Å². The standard InChI is InChI=1S/C25H27FN6O/c1-16(2)31-12-10-17(11-13-31)32-25-22(24(27)28-15-29-25)23(30-32)20-9-8-19(14-21(20)26)33-18-6-4-3-5-7-18/h3-9,14-17H,10-13H2,1-2H3,(H2,27,28,29). The number of fused-ring (bicyclic) bond motifs is 1. The second kappa shape index (κ2) is 8.78. The predicted octanol–water partition coefficient (Wildman–Crippen LogP) is 5.05. The van der Waals surface area contributed by atoms with Crippen molar-refractivity contribution in [2.75, 3.05) is 18.8 Å². The molecule has 33 heavy (non-hydrogen) atoms. The fraction of sp³-hybridized carbons (Fsp3) is 0.320. The van der Waals surface area contributed by atoms with Crippen molar-refractivity contribution in [1.29, 1.82) is 0 Å². The van der Waals surface area contributed by atoms with Gasteiger partial charge in [0.25, 0.3) is 0 Å². The summed E-state index contributed by atoms with van der Waals surface area (Å²) in [6, 6.07) is 14.7. The molecule has 0 spiro atoms. The number of likely N-dealkylation sites (tertiary alicyclic amines) is 1. The molecule has 2 aromatic carbocycles. The highest BCUT2D eigenvalue weighted by Gasteiger charge is 2.27. The number of hydrogen-bond acceptors (Lipinski definition) is 6. The lowest BCUT2D eigenvalue weighted by atomic mass is 10.0. The van der Waals surface area contributed by atoms with Gasteiger partial charge in [0.15, 0.2) is 5.65 Å². The summed E-state index contributed by atoms with van der Waals surface area (Å²) < 4.78 is 23.0. The average molecular weight is 447 g/mol. The normalized spacial score (nSPS) is 15.4. The van der Waals surface area contributed by atoms with Crippen LogP contribution >= 0.6 is 0 Å². The van der Waals surface area contributed by atoms with Gasteiger partial charge in [-0.1, -0.05) is 18.2 Å². The van der Waals surface area contributed by atoms with E-state index in [1.165, 1.54) is 12.4 Å². The summed E-state index contributed by atoms with van der Waals surface area (Å²) in [4.78, 5) is 11.1. The third-order valence-electron chi connectivity index (χ3n) is 6.27. The zero-order valence-electron chi connectivity index (χ0n) is 18.8. The number of aromatic nitrogens is 4. The van der Waals surface area contributed by atoms with Crippen LogP contribution in [0.15, 0.2) is 54.9 Å². The molecule has 2 aromatic heterocycles. The summed E-state index contributed by atoms with van der Waals surface area (Å²) in [6.07, 6.45) is 3.34. The monoisotopic (exact) mass is 446 g/mol. The van der Waals surface area contributed by atoms with E-state index < -0.39 is 5.82 Å². The molecule has 0 saturated carbocycles.